The van der Waals surface area contributed by atoms with E-state index in [-0.39, 0.29) is 23.4 Å². The van der Waals surface area contributed by atoms with Gasteiger partial charge in [-0.25, -0.2) is 8.42 Å². The second kappa shape index (κ2) is 13.7. The maximum absolute atomic E-state index is 14.2. The van der Waals surface area contributed by atoms with Crippen molar-refractivity contribution in [3.05, 3.63) is 90.0 Å². The number of para-hydroxylation sites is 1. The Labute approximate surface area is 243 Å². The van der Waals surface area contributed by atoms with Crippen molar-refractivity contribution in [2.75, 3.05) is 18.0 Å². The highest BCUT2D eigenvalue weighted by Gasteiger charge is 2.34. The molecule has 0 radical (unpaired) electrons. The number of carbonyl (C=O) groups is 2. The molecule has 1 aliphatic rings. The quantitative estimate of drug-likeness (QED) is 0.325. The number of anilines is 1. The second-order valence-electron chi connectivity index (χ2n) is 10.4. The van der Waals surface area contributed by atoms with Gasteiger partial charge in [-0.05, 0) is 68.1 Å². The number of methoxy groups -OCH3 is 1. The number of carbonyl (C=O) groups excluding carboxylic acids is 2. The minimum atomic E-state index is -4.13. The number of rotatable bonds is 12. The van der Waals surface area contributed by atoms with E-state index in [1.165, 1.54) is 24.1 Å². The predicted octanol–water partition coefficient (Wildman–Crippen LogP) is 5.07. The van der Waals surface area contributed by atoms with Crippen LogP contribution >= 0.6 is 0 Å². The fourth-order valence-electron chi connectivity index (χ4n) is 5.29. The Bertz CT molecular complexity index is 1420. The summed E-state index contributed by atoms with van der Waals surface area (Å²) < 4.78 is 34.2. The molecular weight excluding hydrogens is 538 g/mol. The lowest BCUT2D eigenvalue weighted by Crippen LogP contribution is -2.53. The molecule has 3 aromatic rings. The van der Waals surface area contributed by atoms with E-state index in [0.717, 1.165) is 41.1 Å². The van der Waals surface area contributed by atoms with Crippen molar-refractivity contribution in [2.45, 2.75) is 69.5 Å². The molecule has 0 aliphatic heterocycles. The van der Waals surface area contributed by atoms with Crippen LogP contribution in [0.1, 0.15) is 50.2 Å². The Morgan fingerprint density at radius 1 is 0.976 bits per heavy atom. The largest absolute Gasteiger partial charge is 0.497 e. The number of sulfonamides is 1. The maximum Gasteiger partial charge on any atom is 0.264 e. The average molecular weight is 578 g/mol. The first-order chi connectivity index (χ1) is 19.7. The fraction of sp³-hybridized carbons (Fsp3) is 0.375. The standard InChI is InChI=1S/C32H39N3O5S/c1-4-30(32(37)33-26-13-8-9-14-26)34(22-25-12-10-11-24(2)21-25)31(36)23-35(27-15-6-5-7-16-27)41(38,39)29-19-17-28(40-3)18-20-29/h5-7,10-12,15-21,26,30H,4,8-9,13-14,22-23H2,1-3H3,(H,33,37)/t30-/m1/s1. The minimum absolute atomic E-state index is 0.0335. The van der Waals surface area contributed by atoms with Gasteiger partial charge in [0.1, 0.15) is 18.3 Å². The monoisotopic (exact) mass is 577 g/mol. The van der Waals surface area contributed by atoms with E-state index in [1.807, 2.05) is 38.1 Å². The molecule has 0 saturated heterocycles. The number of benzene rings is 3. The van der Waals surface area contributed by atoms with E-state index in [4.69, 9.17) is 4.74 Å². The molecule has 0 bridgehead atoms. The third-order valence-electron chi connectivity index (χ3n) is 7.49. The van der Waals surface area contributed by atoms with Gasteiger partial charge in [-0.3, -0.25) is 13.9 Å². The molecule has 0 heterocycles. The van der Waals surface area contributed by atoms with Gasteiger partial charge >= 0.3 is 0 Å². The van der Waals surface area contributed by atoms with Crippen molar-refractivity contribution in [1.82, 2.24) is 10.2 Å². The Morgan fingerprint density at radius 2 is 1.66 bits per heavy atom. The van der Waals surface area contributed by atoms with Crippen LogP contribution in [0.5, 0.6) is 5.75 Å². The van der Waals surface area contributed by atoms with Crippen LogP contribution in [-0.4, -0.2) is 50.9 Å². The van der Waals surface area contributed by atoms with Crippen molar-refractivity contribution in [3.63, 3.8) is 0 Å². The molecule has 1 saturated carbocycles. The van der Waals surface area contributed by atoms with Crippen LogP contribution in [0.2, 0.25) is 0 Å². The van der Waals surface area contributed by atoms with E-state index in [1.54, 1.807) is 42.5 Å². The van der Waals surface area contributed by atoms with Gasteiger partial charge in [0.15, 0.2) is 0 Å². The van der Waals surface area contributed by atoms with Crippen LogP contribution < -0.4 is 14.4 Å². The van der Waals surface area contributed by atoms with Crippen LogP contribution in [0.25, 0.3) is 0 Å². The first-order valence-electron chi connectivity index (χ1n) is 14.1. The third kappa shape index (κ3) is 7.47. The summed E-state index contributed by atoms with van der Waals surface area (Å²) >= 11 is 0. The number of hydrogen-bond donors (Lipinski definition) is 1. The van der Waals surface area contributed by atoms with Crippen molar-refractivity contribution in [2.24, 2.45) is 0 Å². The van der Waals surface area contributed by atoms with Crippen molar-refractivity contribution >= 4 is 27.5 Å². The van der Waals surface area contributed by atoms with Crippen LogP contribution in [0, 0.1) is 6.92 Å². The van der Waals surface area contributed by atoms with Gasteiger partial charge in [-0.1, -0.05) is 67.8 Å². The molecule has 41 heavy (non-hydrogen) atoms. The van der Waals surface area contributed by atoms with E-state index < -0.39 is 28.5 Å². The molecule has 1 aliphatic carbocycles. The van der Waals surface area contributed by atoms with Crippen molar-refractivity contribution in [1.29, 1.82) is 0 Å². The average Bonchev–Trinajstić information content (AvgIpc) is 3.49. The summed E-state index contributed by atoms with van der Waals surface area (Å²) in [4.78, 5) is 29.2. The lowest BCUT2D eigenvalue weighted by molar-refractivity contribution is -0.140. The molecule has 8 nitrogen and oxygen atoms in total. The van der Waals surface area contributed by atoms with Gasteiger partial charge < -0.3 is 15.0 Å². The summed E-state index contributed by atoms with van der Waals surface area (Å²) in [7, 11) is -2.62. The highest BCUT2D eigenvalue weighted by atomic mass is 32.2. The van der Waals surface area contributed by atoms with Gasteiger partial charge in [-0.2, -0.15) is 0 Å². The zero-order chi connectivity index (χ0) is 29.4. The fourth-order valence-corrected chi connectivity index (χ4v) is 6.71. The van der Waals surface area contributed by atoms with E-state index in [2.05, 4.69) is 5.32 Å². The van der Waals surface area contributed by atoms with Crippen LogP contribution in [0.4, 0.5) is 5.69 Å². The molecule has 218 valence electrons. The summed E-state index contributed by atoms with van der Waals surface area (Å²) in [5.41, 5.74) is 2.26. The Hall–Kier alpha value is -3.85. The Morgan fingerprint density at radius 3 is 2.27 bits per heavy atom. The smallest absolute Gasteiger partial charge is 0.264 e. The van der Waals surface area contributed by atoms with E-state index in [9.17, 15) is 18.0 Å². The van der Waals surface area contributed by atoms with E-state index in [0.29, 0.717) is 17.9 Å². The number of ether oxygens (including phenoxy) is 1. The number of nitrogens with one attached hydrogen (secondary N) is 1. The summed E-state index contributed by atoms with van der Waals surface area (Å²) in [6.45, 7) is 3.57. The number of hydrogen-bond acceptors (Lipinski definition) is 5. The number of aryl methyl sites for hydroxylation is 1. The molecule has 3 aromatic carbocycles. The molecule has 1 fully saturated rings. The van der Waals surface area contributed by atoms with Crippen LogP contribution in [-0.2, 0) is 26.2 Å². The summed E-state index contributed by atoms with van der Waals surface area (Å²) in [5, 5.41) is 3.14. The molecule has 0 spiro atoms. The van der Waals surface area contributed by atoms with E-state index >= 15 is 0 Å². The summed E-state index contributed by atoms with van der Waals surface area (Å²) in [6, 6.07) is 21.7. The number of nitrogens with zero attached hydrogens (tertiary/aromatic N) is 2. The van der Waals surface area contributed by atoms with Crippen LogP contribution in [0.3, 0.4) is 0 Å². The number of amides is 2. The zero-order valence-electron chi connectivity index (χ0n) is 24.0. The molecule has 9 heteroatoms. The highest BCUT2D eigenvalue weighted by molar-refractivity contribution is 7.92. The normalized spacial score (nSPS) is 14.3. The van der Waals surface area contributed by atoms with Gasteiger partial charge in [0, 0.05) is 12.6 Å². The molecule has 1 N–H and O–H groups in total. The Balaban J connectivity index is 1.69. The van der Waals surface area contributed by atoms with Crippen LogP contribution in [0.15, 0.2) is 83.8 Å². The summed E-state index contributed by atoms with van der Waals surface area (Å²) in [6.07, 6.45) is 4.39. The van der Waals surface area contributed by atoms with Gasteiger partial charge in [-0.15, -0.1) is 0 Å². The zero-order valence-corrected chi connectivity index (χ0v) is 24.8. The van der Waals surface area contributed by atoms with Gasteiger partial charge in [0.2, 0.25) is 11.8 Å². The minimum Gasteiger partial charge on any atom is -0.497 e. The Kier molecular flexibility index (Phi) is 10.0. The SMILES string of the molecule is CC[C@H](C(=O)NC1CCCC1)N(Cc1cccc(C)c1)C(=O)CN(c1ccccc1)S(=O)(=O)c1ccc(OC)cc1. The predicted molar refractivity (Wildman–Crippen MR) is 160 cm³/mol. The lowest BCUT2D eigenvalue weighted by atomic mass is 10.1. The molecule has 2 amide bonds. The first kappa shape index (κ1) is 30.1. The lowest BCUT2D eigenvalue weighted by Gasteiger charge is -2.33. The molecule has 4 rings (SSSR count). The van der Waals surface area contributed by atoms with Crippen molar-refractivity contribution in [3.8, 4) is 5.75 Å². The van der Waals surface area contributed by atoms with Crippen molar-refractivity contribution < 1.29 is 22.7 Å². The molecule has 0 aromatic heterocycles. The topological polar surface area (TPSA) is 96.0 Å². The highest BCUT2D eigenvalue weighted by Crippen LogP contribution is 2.26. The molecule has 1 atom stereocenters. The second-order valence-corrected chi connectivity index (χ2v) is 12.3. The first-order valence-corrected chi connectivity index (χ1v) is 15.5. The van der Waals surface area contributed by atoms with Gasteiger partial charge in [0.25, 0.3) is 10.0 Å². The maximum atomic E-state index is 14.2. The van der Waals surface area contributed by atoms with Gasteiger partial charge in [0.05, 0.1) is 17.7 Å². The third-order valence-corrected chi connectivity index (χ3v) is 9.28. The summed E-state index contributed by atoms with van der Waals surface area (Å²) in [5.74, 6) is -0.139. The molecular formula is C32H39N3O5S. The molecule has 0 unspecified atom stereocenters.